The molecule has 4 atom stereocenters. The average molecular weight is 720 g/mol. The third-order valence-corrected chi connectivity index (χ3v) is 7.59. The van der Waals surface area contributed by atoms with Gasteiger partial charge in [0.1, 0.15) is 12.1 Å². The van der Waals surface area contributed by atoms with Gasteiger partial charge in [0, 0.05) is 37.2 Å². The van der Waals surface area contributed by atoms with E-state index in [9.17, 15) is 24.3 Å². The molecule has 3 aromatic rings. The molecule has 13 nitrogen and oxygen atoms in total. The van der Waals surface area contributed by atoms with Gasteiger partial charge in [-0.05, 0) is 40.5 Å². The van der Waals surface area contributed by atoms with Crippen LogP contribution in [0.4, 0.5) is 9.59 Å². The first-order chi connectivity index (χ1) is 30.1. The molecule has 0 saturated heterocycles. The van der Waals surface area contributed by atoms with E-state index >= 15 is 0 Å². The molecular weight excluding hydrogens is 652 g/mol. The second-order valence-electron chi connectivity index (χ2n) is 12.7. The number of hydrazine groups is 1. The monoisotopic (exact) mass is 719 g/mol. The Morgan fingerprint density at radius 2 is 1.39 bits per heavy atom. The van der Waals surface area contributed by atoms with Crippen LogP contribution in [0.25, 0.3) is 11.3 Å². The van der Waals surface area contributed by atoms with Crippen LogP contribution in [0.5, 0.6) is 0 Å². The minimum absolute atomic E-state index is 0.223. The lowest BCUT2D eigenvalue weighted by atomic mass is 9.85. The van der Waals surface area contributed by atoms with Gasteiger partial charge in [-0.2, -0.15) is 0 Å². The van der Waals surface area contributed by atoms with E-state index in [0.717, 1.165) is 5.01 Å². The van der Waals surface area contributed by atoms with E-state index in [2.05, 4.69) is 30.5 Å². The molecule has 0 fully saturated rings. The van der Waals surface area contributed by atoms with E-state index < -0.39 is 100 Å². The second kappa shape index (κ2) is 18.3. The Kier molecular flexibility index (Phi) is 8.41. The van der Waals surface area contributed by atoms with Gasteiger partial charge in [0.2, 0.25) is 5.91 Å². The molecule has 1 heterocycles. The van der Waals surface area contributed by atoms with Gasteiger partial charge in [0.05, 0.1) is 40.1 Å². The fourth-order valence-electron chi connectivity index (χ4n) is 5.02. The standard InChI is InChI=1S/C38H52N6O7/c1-37(2,3)31(41-35(48)50-7)33(46)40-29(22-25-14-10-9-11-15-25)30(45)24-44(43-34(47)32(38(4,5)6)42-36(49)51-8)23-26-17-19-27(20-18-26)28-16-12-13-21-39-28/h9-21,29-32,45H,22-24H2,1-8H3,(H,40,46)(H,41,48)(H,42,49)(H,43,47)/t29?,30?,31?,32-/m1/s1/i1D3,2D3,3D3,7D3,8D3. The average Bonchev–Trinajstić information content (AvgIpc) is 3.14. The Bertz CT molecular complexity index is 2060. The number of nitrogens with one attached hydrogen (secondary N) is 4. The van der Waals surface area contributed by atoms with Crippen LogP contribution in [-0.4, -0.2) is 84.0 Å². The smallest absolute Gasteiger partial charge is 0.407 e. The maximum Gasteiger partial charge on any atom is 0.407 e. The van der Waals surface area contributed by atoms with Gasteiger partial charge in [-0.25, -0.2) is 14.6 Å². The molecule has 3 rings (SSSR count). The number of benzene rings is 2. The van der Waals surface area contributed by atoms with Gasteiger partial charge >= 0.3 is 12.2 Å². The number of hydrogen-bond acceptors (Lipinski definition) is 9. The van der Waals surface area contributed by atoms with Crippen LogP contribution in [0.3, 0.4) is 0 Å². The molecule has 0 aliphatic carbocycles. The van der Waals surface area contributed by atoms with Gasteiger partial charge in [-0.3, -0.25) is 20.0 Å². The molecule has 1 aromatic heterocycles. The van der Waals surface area contributed by atoms with Crippen molar-refractivity contribution in [1.29, 1.82) is 0 Å². The normalized spacial score (nSPS) is 19.6. The number of pyridine rings is 1. The highest BCUT2D eigenvalue weighted by Crippen LogP contribution is 2.23. The van der Waals surface area contributed by atoms with Gasteiger partial charge in [0.15, 0.2) is 0 Å². The molecule has 0 saturated carbocycles. The van der Waals surface area contributed by atoms with E-state index in [1.807, 2.05) is 0 Å². The lowest BCUT2D eigenvalue weighted by molar-refractivity contribution is -0.132. The zero-order valence-corrected chi connectivity index (χ0v) is 28.2. The van der Waals surface area contributed by atoms with Crippen LogP contribution in [0.2, 0.25) is 0 Å². The molecule has 276 valence electrons. The predicted molar refractivity (Wildman–Crippen MR) is 194 cm³/mol. The number of carbonyl (C=O) groups is 4. The van der Waals surface area contributed by atoms with Crippen LogP contribution in [0, 0.1) is 10.8 Å². The van der Waals surface area contributed by atoms with Crippen LogP contribution < -0.4 is 21.4 Å². The summed E-state index contributed by atoms with van der Waals surface area (Å²) in [5.41, 5.74) is -0.417. The van der Waals surface area contributed by atoms with Gasteiger partial charge in [-0.15, -0.1) is 0 Å². The van der Waals surface area contributed by atoms with Crippen molar-refractivity contribution >= 4 is 24.0 Å². The van der Waals surface area contributed by atoms with Crippen molar-refractivity contribution in [3.63, 3.8) is 0 Å². The number of alkyl carbamates (subject to hydrolysis) is 2. The molecule has 13 heteroatoms. The van der Waals surface area contributed by atoms with Crippen LogP contribution >= 0.6 is 0 Å². The van der Waals surface area contributed by atoms with Crippen LogP contribution in [-0.2, 0) is 32.0 Å². The van der Waals surface area contributed by atoms with Gasteiger partial charge in [-0.1, -0.05) is 102 Å². The van der Waals surface area contributed by atoms with Crippen LogP contribution in [0.1, 0.15) is 73.0 Å². The maximum atomic E-state index is 14.5. The molecular formula is C38H52N6O7. The number of aliphatic hydroxyl groups is 1. The summed E-state index contributed by atoms with van der Waals surface area (Å²) in [5.74, 6) is -2.74. The van der Waals surface area contributed by atoms with E-state index in [4.69, 9.17) is 20.6 Å². The number of hydrogen-bond donors (Lipinski definition) is 5. The second-order valence-corrected chi connectivity index (χ2v) is 12.7. The third-order valence-electron chi connectivity index (χ3n) is 7.59. The maximum absolute atomic E-state index is 14.5. The summed E-state index contributed by atoms with van der Waals surface area (Å²) in [6.45, 7) is -8.59. The summed E-state index contributed by atoms with van der Waals surface area (Å²) in [6.07, 6.45) is -4.17. The summed E-state index contributed by atoms with van der Waals surface area (Å²) in [6, 6.07) is 13.7. The summed E-state index contributed by atoms with van der Waals surface area (Å²) < 4.78 is 126. The van der Waals surface area contributed by atoms with E-state index in [-0.39, 0.29) is 13.0 Å². The number of methoxy groups -OCH3 is 2. The Labute approximate surface area is 321 Å². The molecule has 0 spiro atoms. The Hall–Kier alpha value is -5.01. The van der Waals surface area contributed by atoms with E-state index in [1.165, 1.54) is 0 Å². The first-order valence-corrected chi connectivity index (χ1v) is 15.6. The summed E-state index contributed by atoms with van der Waals surface area (Å²) in [4.78, 5) is 58.4. The molecule has 2 aromatic carbocycles. The number of nitrogens with zero attached hydrogens (tertiary/aromatic N) is 2. The fourth-order valence-corrected chi connectivity index (χ4v) is 5.02. The van der Waals surface area contributed by atoms with Gasteiger partial charge in [0.25, 0.3) is 5.91 Å². The molecule has 0 bridgehead atoms. The number of aliphatic hydroxyl groups excluding tert-OH is 1. The van der Waals surface area contributed by atoms with Crippen molar-refractivity contribution in [2.45, 2.75) is 78.5 Å². The zero-order chi connectivity index (χ0) is 50.3. The highest BCUT2D eigenvalue weighted by Gasteiger charge is 2.37. The Balaban J connectivity index is 2.18. The minimum Gasteiger partial charge on any atom is -0.453 e. The topological polar surface area (TPSA) is 171 Å². The van der Waals surface area contributed by atoms with Crippen molar-refractivity contribution < 1.29 is 54.3 Å². The number of amides is 4. The molecule has 5 N–H and O–H groups in total. The highest BCUT2D eigenvalue weighted by molar-refractivity contribution is 5.87. The summed E-state index contributed by atoms with van der Waals surface area (Å²) in [7, 11) is -6.71. The predicted octanol–water partition coefficient (Wildman–Crippen LogP) is 4.21. The largest absolute Gasteiger partial charge is 0.453 e. The molecule has 51 heavy (non-hydrogen) atoms. The summed E-state index contributed by atoms with van der Waals surface area (Å²) in [5, 5.41) is 19.3. The highest BCUT2D eigenvalue weighted by atomic mass is 16.5. The minimum atomic E-state index is -4.13. The fraction of sp³-hybridized carbons (Fsp3) is 0.447. The van der Waals surface area contributed by atoms with E-state index in [0.29, 0.717) is 22.4 Å². The van der Waals surface area contributed by atoms with Crippen molar-refractivity contribution in [2.75, 3.05) is 20.6 Å². The number of rotatable bonds is 14. The number of carbonyl (C=O) groups excluding carboxylic acids is 4. The quantitative estimate of drug-likeness (QED) is 0.153. The number of aromatic nitrogens is 1. The molecule has 0 radical (unpaired) electrons. The molecule has 4 amide bonds. The zero-order valence-electron chi connectivity index (χ0n) is 43.2. The molecule has 0 aliphatic heterocycles. The Morgan fingerprint density at radius 1 is 0.784 bits per heavy atom. The van der Waals surface area contributed by atoms with Crippen LogP contribution in [0.15, 0.2) is 79.0 Å². The summed E-state index contributed by atoms with van der Waals surface area (Å²) >= 11 is 0. The van der Waals surface area contributed by atoms with Crippen molar-refractivity contribution in [3.05, 3.63) is 90.1 Å². The first-order valence-electron chi connectivity index (χ1n) is 23.1. The third kappa shape index (κ3) is 12.7. The Morgan fingerprint density at radius 3 is 1.94 bits per heavy atom. The SMILES string of the molecule is [2H]C([2H])([2H])OC(=O)NC(C(=O)NC(Cc1ccccc1)C(O)CN(Cc1ccc(-c2ccccn2)cc1)NC(=O)[C@@H](NC(=O)OC([2H])([2H])[2H])C(C)(C)C)C(C([2H])([2H])[2H])(C([2H])([2H])[2H])C([2H])([2H])[2H]. The lowest BCUT2D eigenvalue weighted by Gasteiger charge is -2.35. The van der Waals surface area contributed by atoms with Crippen molar-refractivity contribution in [3.8, 4) is 11.3 Å². The van der Waals surface area contributed by atoms with Crippen molar-refractivity contribution in [2.24, 2.45) is 10.8 Å². The molecule has 0 aliphatic rings. The van der Waals surface area contributed by atoms with E-state index in [1.54, 1.807) is 105 Å². The molecule has 3 unspecified atom stereocenters. The first kappa shape index (κ1) is 23.5. The lowest BCUT2D eigenvalue weighted by Crippen LogP contribution is -2.60. The van der Waals surface area contributed by atoms with Crippen molar-refractivity contribution in [1.82, 2.24) is 31.4 Å². The van der Waals surface area contributed by atoms with Gasteiger partial charge < -0.3 is 30.5 Å². The number of ether oxygens (including phenoxy) is 2.